The molecule has 3 N–H and O–H groups in total. The van der Waals surface area contributed by atoms with Gasteiger partial charge in [-0.05, 0) is 13.3 Å². The van der Waals surface area contributed by atoms with Crippen LogP contribution in [0.1, 0.15) is 19.0 Å². The summed E-state index contributed by atoms with van der Waals surface area (Å²) in [6.45, 7) is 4.02. The first-order chi connectivity index (χ1) is 7.74. The number of aromatic nitrogens is 4. The quantitative estimate of drug-likeness (QED) is 0.473. The molecule has 0 atom stereocenters. The van der Waals surface area contributed by atoms with Gasteiger partial charge in [0.15, 0.2) is 0 Å². The van der Waals surface area contributed by atoms with E-state index < -0.39 is 0 Å². The summed E-state index contributed by atoms with van der Waals surface area (Å²) in [6.07, 6.45) is 1.09. The number of anilines is 1. The van der Waals surface area contributed by atoms with Gasteiger partial charge in [-0.25, -0.2) is 10.8 Å². The Bertz CT molecular complexity index is 494. The van der Waals surface area contributed by atoms with E-state index in [0.29, 0.717) is 11.6 Å². The Morgan fingerprint density at radius 2 is 2.31 bits per heavy atom. The molecule has 0 unspecified atom stereocenters. The number of nitrogens with one attached hydrogen (secondary N) is 1. The van der Waals surface area contributed by atoms with E-state index in [1.54, 1.807) is 16.3 Å². The first-order valence-electron chi connectivity index (χ1n) is 5.08. The van der Waals surface area contributed by atoms with E-state index in [2.05, 4.69) is 27.4 Å². The monoisotopic (exact) mass is 238 g/mol. The summed E-state index contributed by atoms with van der Waals surface area (Å²) in [5.74, 6) is 7.69. The third-order valence-corrected chi connectivity index (χ3v) is 3.05. The van der Waals surface area contributed by atoms with Crippen molar-refractivity contribution in [2.75, 3.05) is 11.2 Å². The van der Waals surface area contributed by atoms with Crippen molar-refractivity contribution in [3.8, 4) is 0 Å². The lowest BCUT2D eigenvalue weighted by molar-refractivity contribution is 0.874. The van der Waals surface area contributed by atoms with Crippen LogP contribution in [0.15, 0.2) is 11.2 Å². The number of nitrogen functional groups attached to an aromatic ring is 1. The summed E-state index contributed by atoms with van der Waals surface area (Å²) in [6, 6.07) is 1.83. The van der Waals surface area contributed by atoms with Gasteiger partial charge in [-0.1, -0.05) is 18.7 Å². The summed E-state index contributed by atoms with van der Waals surface area (Å²) in [7, 11) is 0. The molecule has 2 heterocycles. The molecule has 0 aliphatic carbocycles. The summed E-state index contributed by atoms with van der Waals surface area (Å²) in [5, 5.41) is 5.06. The Labute approximate surface area is 97.6 Å². The van der Waals surface area contributed by atoms with Crippen LogP contribution in [-0.2, 0) is 0 Å². The highest BCUT2D eigenvalue weighted by atomic mass is 32.2. The fraction of sp³-hybridized carbons (Fsp3) is 0.444. The third kappa shape index (κ3) is 2.10. The average Bonchev–Trinajstić information content (AvgIpc) is 2.67. The van der Waals surface area contributed by atoms with E-state index in [-0.39, 0.29) is 0 Å². The van der Waals surface area contributed by atoms with Crippen LogP contribution in [0.3, 0.4) is 0 Å². The van der Waals surface area contributed by atoms with Gasteiger partial charge in [0.25, 0.3) is 5.78 Å². The molecule has 0 bridgehead atoms. The van der Waals surface area contributed by atoms with Crippen LogP contribution in [0, 0.1) is 6.92 Å². The normalized spacial score (nSPS) is 10.9. The van der Waals surface area contributed by atoms with Crippen LogP contribution in [0.25, 0.3) is 5.78 Å². The molecule has 6 nitrogen and oxygen atoms in total. The molecule has 16 heavy (non-hydrogen) atoms. The lowest BCUT2D eigenvalue weighted by atomic mass is 10.4. The van der Waals surface area contributed by atoms with Crippen molar-refractivity contribution in [3.05, 3.63) is 11.8 Å². The zero-order valence-electron chi connectivity index (χ0n) is 9.27. The summed E-state index contributed by atoms with van der Waals surface area (Å²) < 4.78 is 1.62. The molecular formula is C9H14N6S. The molecule has 0 amide bonds. The zero-order chi connectivity index (χ0) is 11.5. The SMILES string of the molecule is CCCSc1nc2nc(C)cc(NN)n2n1. The van der Waals surface area contributed by atoms with E-state index in [0.717, 1.165) is 23.0 Å². The first kappa shape index (κ1) is 11.2. The number of hydrogen-bond donors (Lipinski definition) is 2. The molecule has 0 aliphatic rings. The summed E-state index contributed by atoms with van der Waals surface area (Å²) in [4.78, 5) is 8.62. The second kappa shape index (κ2) is 4.67. The molecule has 0 radical (unpaired) electrons. The Balaban J connectivity index is 2.43. The van der Waals surface area contributed by atoms with Crippen LogP contribution in [0.2, 0.25) is 0 Å². The van der Waals surface area contributed by atoms with Gasteiger partial charge < -0.3 is 5.43 Å². The van der Waals surface area contributed by atoms with Crippen molar-refractivity contribution in [1.82, 2.24) is 19.6 Å². The van der Waals surface area contributed by atoms with Gasteiger partial charge in [0.1, 0.15) is 5.82 Å². The van der Waals surface area contributed by atoms with E-state index in [9.17, 15) is 0 Å². The fourth-order valence-electron chi connectivity index (χ4n) is 1.33. The highest BCUT2D eigenvalue weighted by molar-refractivity contribution is 7.99. The molecule has 0 spiro atoms. The Kier molecular flexibility index (Phi) is 3.25. The predicted molar refractivity (Wildman–Crippen MR) is 64.3 cm³/mol. The maximum absolute atomic E-state index is 5.42. The van der Waals surface area contributed by atoms with Crippen molar-refractivity contribution in [3.63, 3.8) is 0 Å². The van der Waals surface area contributed by atoms with Gasteiger partial charge in [-0.3, -0.25) is 0 Å². The lowest BCUT2D eigenvalue weighted by Crippen LogP contribution is -2.12. The van der Waals surface area contributed by atoms with Crippen LogP contribution < -0.4 is 11.3 Å². The molecule has 0 saturated heterocycles. The molecular weight excluding hydrogens is 224 g/mol. The van der Waals surface area contributed by atoms with E-state index in [1.807, 2.05) is 13.0 Å². The molecule has 7 heteroatoms. The highest BCUT2D eigenvalue weighted by Gasteiger charge is 2.08. The standard InChI is InChI=1S/C9H14N6S/c1-3-4-16-9-12-8-11-6(2)5-7(13-10)15(8)14-9/h5,13H,3-4,10H2,1-2H3. The smallest absolute Gasteiger partial charge is 0.255 e. The Hall–Kier alpha value is -1.34. The van der Waals surface area contributed by atoms with Crippen molar-refractivity contribution < 1.29 is 0 Å². The molecule has 0 fully saturated rings. The molecule has 2 rings (SSSR count). The topological polar surface area (TPSA) is 81.1 Å². The number of hydrazine groups is 1. The second-order valence-corrected chi connectivity index (χ2v) is 4.44. The molecule has 2 aromatic rings. The average molecular weight is 238 g/mol. The molecule has 0 aliphatic heterocycles. The predicted octanol–water partition coefficient (Wildman–Crippen LogP) is 1.22. The second-order valence-electron chi connectivity index (χ2n) is 3.38. The first-order valence-corrected chi connectivity index (χ1v) is 6.07. The number of nitrogens with two attached hydrogens (primary N) is 1. The minimum Gasteiger partial charge on any atom is -0.308 e. The highest BCUT2D eigenvalue weighted by Crippen LogP contribution is 2.17. The van der Waals surface area contributed by atoms with Gasteiger partial charge in [-0.2, -0.15) is 9.50 Å². The number of rotatable bonds is 4. The van der Waals surface area contributed by atoms with E-state index in [4.69, 9.17) is 5.84 Å². The van der Waals surface area contributed by atoms with Gasteiger partial charge in [0, 0.05) is 17.5 Å². The van der Waals surface area contributed by atoms with Crippen LogP contribution in [0.5, 0.6) is 0 Å². The van der Waals surface area contributed by atoms with Gasteiger partial charge in [0.05, 0.1) is 0 Å². The zero-order valence-corrected chi connectivity index (χ0v) is 10.1. The Morgan fingerprint density at radius 3 is 3.00 bits per heavy atom. The van der Waals surface area contributed by atoms with Crippen molar-refractivity contribution >= 4 is 23.4 Å². The number of nitrogens with zero attached hydrogens (tertiary/aromatic N) is 4. The third-order valence-electron chi connectivity index (χ3n) is 2.00. The maximum Gasteiger partial charge on any atom is 0.255 e. The molecule has 0 saturated carbocycles. The van der Waals surface area contributed by atoms with Gasteiger partial charge in [0.2, 0.25) is 5.16 Å². The molecule has 0 aromatic carbocycles. The molecule has 86 valence electrons. The summed E-state index contributed by atoms with van der Waals surface area (Å²) >= 11 is 1.62. The maximum atomic E-state index is 5.42. The lowest BCUT2D eigenvalue weighted by Gasteiger charge is -2.02. The van der Waals surface area contributed by atoms with E-state index >= 15 is 0 Å². The fourth-order valence-corrected chi connectivity index (χ4v) is 2.00. The Morgan fingerprint density at radius 1 is 1.50 bits per heavy atom. The van der Waals surface area contributed by atoms with Crippen LogP contribution in [-0.4, -0.2) is 25.3 Å². The van der Waals surface area contributed by atoms with Crippen LogP contribution >= 0.6 is 11.8 Å². The summed E-state index contributed by atoms with van der Waals surface area (Å²) in [5.41, 5.74) is 3.45. The minimum atomic E-state index is 0.576. The van der Waals surface area contributed by atoms with Gasteiger partial charge in [-0.15, -0.1) is 5.10 Å². The van der Waals surface area contributed by atoms with Crippen molar-refractivity contribution in [1.29, 1.82) is 0 Å². The van der Waals surface area contributed by atoms with Crippen molar-refractivity contribution in [2.45, 2.75) is 25.4 Å². The number of fused-ring (bicyclic) bond motifs is 1. The molecule has 2 aromatic heterocycles. The van der Waals surface area contributed by atoms with Crippen LogP contribution in [0.4, 0.5) is 5.82 Å². The minimum absolute atomic E-state index is 0.576. The number of hydrogen-bond acceptors (Lipinski definition) is 6. The van der Waals surface area contributed by atoms with Crippen molar-refractivity contribution in [2.24, 2.45) is 5.84 Å². The largest absolute Gasteiger partial charge is 0.308 e. The van der Waals surface area contributed by atoms with E-state index in [1.165, 1.54) is 0 Å². The number of aryl methyl sites for hydroxylation is 1. The number of thioether (sulfide) groups is 1. The van der Waals surface area contributed by atoms with Gasteiger partial charge >= 0.3 is 0 Å².